The van der Waals surface area contributed by atoms with E-state index in [1.54, 1.807) is 12.1 Å². The van der Waals surface area contributed by atoms with Crippen molar-refractivity contribution in [3.63, 3.8) is 0 Å². The van der Waals surface area contributed by atoms with Crippen LogP contribution < -0.4 is 16.2 Å². The smallest absolute Gasteiger partial charge is 0.240 e. The van der Waals surface area contributed by atoms with Crippen molar-refractivity contribution in [3.8, 4) is 0 Å². The van der Waals surface area contributed by atoms with Gasteiger partial charge in [-0.25, -0.2) is 13.6 Å². The highest BCUT2D eigenvalue weighted by atomic mass is 32.2. The molecule has 1 aromatic rings. The van der Waals surface area contributed by atoms with Gasteiger partial charge in [0.2, 0.25) is 10.0 Å². The minimum Gasteiger partial charge on any atom is -0.398 e. The van der Waals surface area contributed by atoms with Crippen LogP contribution in [0.1, 0.15) is 12.8 Å². The third-order valence-corrected chi connectivity index (χ3v) is 4.24. The van der Waals surface area contributed by atoms with Gasteiger partial charge in [-0.1, -0.05) is 0 Å². The first-order valence-electron chi connectivity index (χ1n) is 6.21. The number of hydrogen-bond acceptors (Lipinski definition) is 5. The summed E-state index contributed by atoms with van der Waals surface area (Å²) in [6.45, 7) is 2.44. The lowest BCUT2D eigenvalue weighted by Crippen LogP contribution is -2.22. The zero-order chi connectivity index (χ0) is 13.9. The van der Waals surface area contributed by atoms with Gasteiger partial charge in [0.15, 0.2) is 0 Å². The van der Waals surface area contributed by atoms with Crippen molar-refractivity contribution in [2.45, 2.75) is 17.7 Å². The van der Waals surface area contributed by atoms with E-state index >= 15 is 0 Å². The molecule has 106 valence electrons. The number of nitrogens with one attached hydrogen (secondary N) is 1. The summed E-state index contributed by atoms with van der Waals surface area (Å²) >= 11 is 0. The second kappa shape index (κ2) is 5.77. The van der Waals surface area contributed by atoms with Gasteiger partial charge in [-0.15, -0.1) is 0 Å². The van der Waals surface area contributed by atoms with E-state index in [0.717, 1.165) is 38.3 Å². The van der Waals surface area contributed by atoms with Crippen molar-refractivity contribution in [1.82, 2.24) is 0 Å². The summed E-state index contributed by atoms with van der Waals surface area (Å²) in [4.78, 5) is -0.0379. The maximum atomic E-state index is 11.2. The summed E-state index contributed by atoms with van der Waals surface area (Å²) < 4.78 is 27.8. The van der Waals surface area contributed by atoms with Gasteiger partial charge in [-0.05, 0) is 37.0 Å². The fraction of sp³-hybridized carbons (Fsp3) is 0.500. The molecule has 0 saturated carbocycles. The first-order chi connectivity index (χ1) is 8.97. The molecule has 1 aliphatic heterocycles. The molecule has 1 saturated heterocycles. The molecular formula is C12H19N3O3S. The normalized spacial score (nSPS) is 17.3. The van der Waals surface area contributed by atoms with Crippen LogP contribution in [0.15, 0.2) is 23.1 Å². The van der Waals surface area contributed by atoms with Gasteiger partial charge in [0.05, 0.1) is 5.69 Å². The van der Waals surface area contributed by atoms with Crippen molar-refractivity contribution in [2.75, 3.05) is 30.8 Å². The minimum atomic E-state index is -3.75. The Kier molecular flexibility index (Phi) is 4.28. The highest BCUT2D eigenvalue weighted by Gasteiger charge is 2.15. The van der Waals surface area contributed by atoms with Crippen LogP contribution in [0.3, 0.4) is 0 Å². The van der Waals surface area contributed by atoms with Gasteiger partial charge in [0.1, 0.15) is 4.90 Å². The topological polar surface area (TPSA) is 107 Å². The Bertz CT molecular complexity index is 539. The van der Waals surface area contributed by atoms with E-state index in [2.05, 4.69) is 5.32 Å². The molecule has 1 fully saturated rings. The van der Waals surface area contributed by atoms with Crippen LogP contribution in [0.25, 0.3) is 0 Å². The molecule has 19 heavy (non-hydrogen) atoms. The van der Waals surface area contributed by atoms with Crippen LogP contribution in [0, 0.1) is 5.92 Å². The SMILES string of the molecule is Nc1cc(NCC2CCOCC2)ccc1S(N)(=O)=O. The molecule has 1 heterocycles. The quantitative estimate of drug-likeness (QED) is 0.708. The predicted molar refractivity (Wildman–Crippen MR) is 74.3 cm³/mol. The zero-order valence-electron chi connectivity index (χ0n) is 10.6. The fourth-order valence-corrected chi connectivity index (χ4v) is 2.78. The second-order valence-electron chi connectivity index (χ2n) is 4.73. The van der Waals surface area contributed by atoms with E-state index in [1.165, 1.54) is 6.07 Å². The lowest BCUT2D eigenvalue weighted by Gasteiger charge is -2.22. The number of anilines is 2. The molecule has 1 aliphatic rings. The standard InChI is InChI=1S/C12H19N3O3S/c13-11-7-10(1-2-12(11)19(14,16)17)15-8-9-3-5-18-6-4-9/h1-2,7,9,15H,3-6,8,13H2,(H2,14,16,17). The van der Waals surface area contributed by atoms with Crippen LogP contribution in [0.5, 0.6) is 0 Å². The molecule has 0 aliphatic carbocycles. The van der Waals surface area contributed by atoms with Gasteiger partial charge in [-0.2, -0.15) is 0 Å². The summed E-state index contributed by atoms with van der Waals surface area (Å²) in [5, 5.41) is 8.32. The third-order valence-electron chi connectivity index (χ3n) is 3.25. The molecule has 0 unspecified atom stereocenters. The molecule has 5 N–H and O–H groups in total. The molecule has 0 bridgehead atoms. The molecule has 0 radical (unpaired) electrons. The minimum absolute atomic E-state index is 0.0379. The highest BCUT2D eigenvalue weighted by molar-refractivity contribution is 7.89. The van der Waals surface area contributed by atoms with E-state index in [-0.39, 0.29) is 10.6 Å². The first kappa shape index (κ1) is 14.1. The van der Waals surface area contributed by atoms with Crippen molar-refractivity contribution < 1.29 is 13.2 Å². The first-order valence-corrected chi connectivity index (χ1v) is 7.75. The summed E-state index contributed by atoms with van der Waals surface area (Å²) in [6.07, 6.45) is 2.08. The number of nitrogen functional groups attached to an aromatic ring is 1. The Hall–Kier alpha value is -1.31. The van der Waals surface area contributed by atoms with Crippen molar-refractivity contribution >= 4 is 21.4 Å². The summed E-state index contributed by atoms with van der Waals surface area (Å²) in [5.41, 5.74) is 6.67. The number of ether oxygens (including phenoxy) is 1. The number of benzene rings is 1. The average Bonchev–Trinajstić information content (AvgIpc) is 2.36. The van der Waals surface area contributed by atoms with Gasteiger partial charge < -0.3 is 15.8 Å². The van der Waals surface area contributed by atoms with Gasteiger partial charge >= 0.3 is 0 Å². The van der Waals surface area contributed by atoms with Gasteiger partial charge in [0.25, 0.3) is 0 Å². The summed E-state index contributed by atoms with van der Waals surface area (Å²) in [7, 11) is -3.75. The van der Waals surface area contributed by atoms with Gasteiger partial charge in [-0.3, -0.25) is 0 Å². The van der Waals surface area contributed by atoms with E-state index in [4.69, 9.17) is 15.6 Å². The monoisotopic (exact) mass is 285 g/mol. The molecule has 7 heteroatoms. The van der Waals surface area contributed by atoms with E-state index in [1.807, 2.05) is 0 Å². The van der Waals surface area contributed by atoms with Crippen LogP contribution in [0.4, 0.5) is 11.4 Å². The summed E-state index contributed by atoms with van der Waals surface area (Å²) in [5.74, 6) is 0.577. The molecular weight excluding hydrogens is 266 g/mol. The lowest BCUT2D eigenvalue weighted by molar-refractivity contribution is 0.0699. The molecule has 0 spiro atoms. The summed E-state index contributed by atoms with van der Waals surface area (Å²) in [6, 6.07) is 4.70. The Morgan fingerprint density at radius 2 is 2.00 bits per heavy atom. The fourth-order valence-electron chi connectivity index (χ4n) is 2.13. The molecule has 0 amide bonds. The van der Waals surface area contributed by atoms with Gasteiger partial charge in [0, 0.05) is 25.4 Å². The number of primary sulfonamides is 1. The van der Waals surface area contributed by atoms with Crippen molar-refractivity contribution in [3.05, 3.63) is 18.2 Å². The maximum Gasteiger partial charge on any atom is 0.240 e. The van der Waals surface area contributed by atoms with E-state index in [9.17, 15) is 8.42 Å². The van der Waals surface area contributed by atoms with E-state index < -0.39 is 10.0 Å². The van der Waals surface area contributed by atoms with Crippen LogP contribution in [-0.2, 0) is 14.8 Å². The molecule has 2 rings (SSSR count). The lowest BCUT2D eigenvalue weighted by atomic mass is 10.0. The highest BCUT2D eigenvalue weighted by Crippen LogP contribution is 2.22. The predicted octanol–water partition coefficient (Wildman–Crippen LogP) is 0.755. The van der Waals surface area contributed by atoms with Crippen molar-refractivity contribution in [1.29, 1.82) is 0 Å². The van der Waals surface area contributed by atoms with Crippen molar-refractivity contribution in [2.24, 2.45) is 11.1 Å². The molecule has 1 aromatic carbocycles. The van der Waals surface area contributed by atoms with Crippen LogP contribution in [0.2, 0.25) is 0 Å². The number of hydrogen-bond donors (Lipinski definition) is 3. The molecule has 0 atom stereocenters. The number of rotatable bonds is 4. The van der Waals surface area contributed by atoms with E-state index in [0.29, 0.717) is 5.92 Å². The number of sulfonamides is 1. The third kappa shape index (κ3) is 3.82. The Labute approximate surface area is 113 Å². The van der Waals surface area contributed by atoms with Crippen LogP contribution >= 0.6 is 0 Å². The second-order valence-corrected chi connectivity index (χ2v) is 6.26. The number of nitrogens with two attached hydrogens (primary N) is 2. The molecule has 6 nitrogen and oxygen atoms in total. The maximum absolute atomic E-state index is 11.2. The zero-order valence-corrected chi connectivity index (χ0v) is 11.4. The van der Waals surface area contributed by atoms with Crippen LogP contribution in [-0.4, -0.2) is 28.2 Å². The average molecular weight is 285 g/mol. The molecule has 0 aromatic heterocycles. The Morgan fingerprint density at radius 3 is 2.58 bits per heavy atom. The Balaban J connectivity index is 2.00. The largest absolute Gasteiger partial charge is 0.398 e. The Morgan fingerprint density at radius 1 is 1.32 bits per heavy atom.